The lowest BCUT2D eigenvalue weighted by Crippen LogP contribution is -2.50. The lowest BCUT2D eigenvalue weighted by molar-refractivity contribution is 0.0698. The number of thiophene rings is 1. The fourth-order valence-electron chi connectivity index (χ4n) is 4.64. The van der Waals surface area contributed by atoms with Crippen LogP contribution in [0.15, 0.2) is 52.2 Å². The number of aryl methyl sites for hydroxylation is 2. The van der Waals surface area contributed by atoms with Crippen LogP contribution >= 0.6 is 34.5 Å². The van der Waals surface area contributed by atoms with E-state index < -0.39 is 10.0 Å². The number of hydrogen-bond donors (Lipinski definition) is 1. The largest absolute Gasteiger partial charge is 0.336 e. The molecule has 1 fully saturated rings. The van der Waals surface area contributed by atoms with E-state index >= 15 is 0 Å². The van der Waals surface area contributed by atoms with E-state index in [1.165, 1.54) is 33.8 Å². The highest BCUT2D eigenvalue weighted by Gasteiger charge is 2.32. The summed E-state index contributed by atoms with van der Waals surface area (Å²) < 4.78 is 27.5. The number of H-pyrrole nitrogens is 1. The third-order valence-electron chi connectivity index (χ3n) is 6.66. The van der Waals surface area contributed by atoms with Gasteiger partial charge in [-0.25, -0.2) is 13.4 Å². The van der Waals surface area contributed by atoms with Gasteiger partial charge in [-0.15, -0.1) is 11.3 Å². The Morgan fingerprint density at radius 3 is 2.42 bits per heavy atom. The van der Waals surface area contributed by atoms with Gasteiger partial charge in [-0.05, 0) is 49.2 Å². The normalized spacial score (nSPS) is 14.8. The van der Waals surface area contributed by atoms with Crippen LogP contribution in [0.2, 0.25) is 10.0 Å². The monoisotopic (exact) mass is 590 g/mol. The van der Waals surface area contributed by atoms with Gasteiger partial charge in [-0.3, -0.25) is 9.59 Å². The number of nitrogens with zero attached hydrogens (tertiary/aromatic N) is 3. The number of fused-ring (bicyclic) bond motifs is 1. The lowest BCUT2D eigenvalue weighted by Gasteiger charge is -2.34. The van der Waals surface area contributed by atoms with Crippen LogP contribution in [0.25, 0.3) is 21.6 Å². The van der Waals surface area contributed by atoms with E-state index in [4.69, 9.17) is 23.2 Å². The Bertz CT molecular complexity index is 1710. The van der Waals surface area contributed by atoms with Gasteiger partial charge in [0.1, 0.15) is 15.6 Å². The molecule has 0 spiro atoms. The summed E-state index contributed by atoms with van der Waals surface area (Å²) in [6.45, 7) is 4.76. The van der Waals surface area contributed by atoms with E-state index in [-0.39, 0.29) is 52.6 Å². The highest BCUT2D eigenvalue weighted by atomic mass is 35.5. The molecule has 2 aromatic carbocycles. The molecule has 1 aliphatic rings. The van der Waals surface area contributed by atoms with Crippen molar-refractivity contribution < 1.29 is 13.2 Å². The molecule has 12 heteroatoms. The fraction of sp³-hybridized carbons (Fsp3) is 0.269. The van der Waals surface area contributed by atoms with E-state index in [9.17, 15) is 18.0 Å². The molecule has 1 N–H and O–H groups in total. The molecule has 0 unspecified atom stereocenters. The maximum Gasteiger partial charge on any atom is 0.260 e. The minimum absolute atomic E-state index is 0.0458. The van der Waals surface area contributed by atoms with Crippen molar-refractivity contribution in [2.24, 2.45) is 0 Å². The summed E-state index contributed by atoms with van der Waals surface area (Å²) in [7, 11) is -3.84. The van der Waals surface area contributed by atoms with Gasteiger partial charge in [-0.1, -0.05) is 42.3 Å². The van der Waals surface area contributed by atoms with Gasteiger partial charge in [0, 0.05) is 47.2 Å². The Hall–Kier alpha value is -2.76. The van der Waals surface area contributed by atoms with Gasteiger partial charge in [-0.2, -0.15) is 4.31 Å². The van der Waals surface area contributed by atoms with Crippen molar-refractivity contribution in [2.45, 2.75) is 25.2 Å². The minimum Gasteiger partial charge on any atom is -0.336 e. The molecule has 0 radical (unpaired) electrons. The molecule has 0 saturated carbocycles. The highest BCUT2D eigenvalue weighted by molar-refractivity contribution is 7.89. The average molecular weight is 592 g/mol. The summed E-state index contributed by atoms with van der Waals surface area (Å²) in [5, 5.41) is 1.02. The van der Waals surface area contributed by atoms with Crippen LogP contribution in [0.3, 0.4) is 0 Å². The van der Waals surface area contributed by atoms with Crippen molar-refractivity contribution >= 4 is 60.7 Å². The molecule has 1 aliphatic heterocycles. The first kappa shape index (κ1) is 26.8. The molecule has 4 aromatic rings. The molecule has 1 amide bonds. The number of sulfonamides is 1. The number of amides is 1. The topological polar surface area (TPSA) is 103 Å². The van der Waals surface area contributed by atoms with Crippen LogP contribution in [0.5, 0.6) is 0 Å². The van der Waals surface area contributed by atoms with Crippen LogP contribution in [-0.4, -0.2) is 59.7 Å². The van der Waals surface area contributed by atoms with Crippen molar-refractivity contribution in [2.75, 3.05) is 26.2 Å². The molecule has 2 aromatic heterocycles. The standard InChI is InChI=1S/C26H24Cl2N4O4S2/c1-3-19-15(2)37-25-22(19)24(33)29-23(30-25)16-4-6-17(7-5-16)26(34)31-10-12-32(13-11-31)38(35,36)21-14-18(27)8-9-20(21)28/h4-9,14H,3,10-13H2,1-2H3,(H,29,30,33). The Labute approximate surface area is 233 Å². The Morgan fingerprint density at radius 2 is 1.76 bits per heavy atom. The van der Waals surface area contributed by atoms with Gasteiger partial charge in [0.25, 0.3) is 11.5 Å². The van der Waals surface area contributed by atoms with Crippen LogP contribution in [0, 0.1) is 6.92 Å². The summed E-state index contributed by atoms with van der Waals surface area (Å²) in [6.07, 6.45) is 0.765. The SMILES string of the molecule is CCc1c(C)sc2nc(-c3ccc(C(=O)N4CCN(S(=O)(=O)c5cc(Cl)ccc5Cl)CC4)cc3)[nH]c(=O)c12. The molecule has 3 heterocycles. The summed E-state index contributed by atoms with van der Waals surface area (Å²) in [5.41, 5.74) is 2.01. The number of rotatable bonds is 5. The van der Waals surface area contributed by atoms with Crippen molar-refractivity contribution in [3.05, 3.63) is 78.9 Å². The number of aromatic nitrogens is 2. The van der Waals surface area contributed by atoms with Gasteiger partial charge in [0.2, 0.25) is 10.0 Å². The smallest absolute Gasteiger partial charge is 0.260 e. The second-order valence-corrected chi connectivity index (χ2v) is 12.9. The van der Waals surface area contributed by atoms with Crippen molar-refractivity contribution in [3.8, 4) is 11.4 Å². The number of hydrogen-bond acceptors (Lipinski definition) is 6. The third kappa shape index (κ3) is 4.87. The Kier molecular flexibility index (Phi) is 7.36. The van der Waals surface area contributed by atoms with Crippen LogP contribution in [0.4, 0.5) is 0 Å². The molecule has 8 nitrogen and oxygen atoms in total. The first-order valence-electron chi connectivity index (χ1n) is 12.0. The second-order valence-electron chi connectivity index (χ2n) is 8.93. The average Bonchev–Trinajstić information content (AvgIpc) is 3.25. The van der Waals surface area contributed by atoms with Gasteiger partial charge >= 0.3 is 0 Å². The summed E-state index contributed by atoms with van der Waals surface area (Å²) in [6, 6.07) is 11.2. The van der Waals surface area contributed by atoms with E-state index in [0.717, 1.165) is 16.9 Å². The first-order chi connectivity index (χ1) is 18.1. The van der Waals surface area contributed by atoms with Gasteiger partial charge in [0.15, 0.2) is 0 Å². The number of nitrogens with one attached hydrogen (secondary N) is 1. The maximum atomic E-state index is 13.1. The molecule has 38 heavy (non-hydrogen) atoms. The molecule has 1 saturated heterocycles. The summed E-state index contributed by atoms with van der Waals surface area (Å²) >= 11 is 13.6. The molecular weight excluding hydrogens is 567 g/mol. The predicted octanol–water partition coefficient (Wildman–Crippen LogP) is 4.98. The molecule has 0 bridgehead atoms. The zero-order chi connectivity index (χ0) is 27.2. The summed E-state index contributed by atoms with van der Waals surface area (Å²) in [4.78, 5) is 36.8. The van der Waals surface area contributed by atoms with Gasteiger partial charge < -0.3 is 9.88 Å². The van der Waals surface area contributed by atoms with Crippen LogP contribution < -0.4 is 5.56 Å². The lowest BCUT2D eigenvalue weighted by atomic mass is 10.1. The van der Waals surface area contributed by atoms with E-state index in [0.29, 0.717) is 27.2 Å². The number of piperazine rings is 1. The Balaban J connectivity index is 1.30. The fourth-order valence-corrected chi connectivity index (χ4v) is 7.91. The Morgan fingerprint density at radius 1 is 1.08 bits per heavy atom. The van der Waals surface area contributed by atoms with E-state index in [1.54, 1.807) is 29.2 Å². The molecule has 198 valence electrons. The molecular formula is C26H24Cl2N4O4S2. The van der Waals surface area contributed by atoms with Gasteiger partial charge in [0.05, 0.1) is 10.4 Å². The number of benzene rings is 2. The number of aromatic amines is 1. The third-order valence-corrected chi connectivity index (χ3v) is 10.3. The highest BCUT2D eigenvalue weighted by Crippen LogP contribution is 2.30. The predicted molar refractivity (Wildman–Crippen MR) is 151 cm³/mol. The molecule has 0 aliphatic carbocycles. The maximum absolute atomic E-state index is 13.1. The number of carbonyl (C=O) groups excluding carboxylic acids is 1. The zero-order valence-corrected chi connectivity index (χ0v) is 23.8. The minimum atomic E-state index is -3.84. The van der Waals surface area contributed by atoms with E-state index in [1.807, 2.05) is 13.8 Å². The van der Waals surface area contributed by atoms with Crippen LogP contribution in [-0.2, 0) is 16.4 Å². The first-order valence-corrected chi connectivity index (χ1v) is 15.0. The van der Waals surface area contributed by atoms with Crippen molar-refractivity contribution in [1.29, 1.82) is 0 Å². The number of halogens is 2. The van der Waals surface area contributed by atoms with E-state index in [2.05, 4.69) is 9.97 Å². The van der Waals surface area contributed by atoms with Crippen molar-refractivity contribution in [1.82, 2.24) is 19.2 Å². The summed E-state index contributed by atoms with van der Waals surface area (Å²) in [5.74, 6) is 0.247. The van der Waals surface area contributed by atoms with Crippen molar-refractivity contribution in [3.63, 3.8) is 0 Å². The van der Waals surface area contributed by atoms with Crippen LogP contribution in [0.1, 0.15) is 27.7 Å². The molecule has 5 rings (SSSR count). The quantitative estimate of drug-likeness (QED) is 0.353. The number of carbonyl (C=O) groups is 1. The zero-order valence-electron chi connectivity index (χ0n) is 20.6. The second kappa shape index (κ2) is 10.4. The molecule has 0 atom stereocenters.